The van der Waals surface area contributed by atoms with Gasteiger partial charge in [-0.25, -0.2) is 4.79 Å². The summed E-state index contributed by atoms with van der Waals surface area (Å²) in [7, 11) is 0. The Morgan fingerprint density at radius 1 is 1.39 bits per heavy atom. The number of nitrogens with zero attached hydrogens (tertiary/aromatic N) is 1. The fraction of sp³-hybridized carbons (Fsp3) is 0.733. The average Bonchev–Trinajstić information content (AvgIpc) is 3.03. The summed E-state index contributed by atoms with van der Waals surface area (Å²) in [5, 5.41) is 34.9. The number of amides is 2. The molecule has 0 aromatic carbocycles. The minimum absolute atomic E-state index is 0.0412. The maximum atomic E-state index is 12.4. The highest BCUT2D eigenvalue weighted by Crippen LogP contribution is 2.32. The molecular formula is C15H27N7O6. The molecule has 0 radical (unpaired) electrons. The number of carboxylic acid groups (broad SMARTS) is 1. The number of nitro groups is 1. The molecule has 13 nitrogen and oxygen atoms in total. The minimum atomic E-state index is -2.00. The topological polar surface area (TPSA) is 227 Å². The highest BCUT2D eigenvalue weighted by Gasteiger charge is 2.58. The van der Waals surface area contributed by atoms with Crippen LogP contribution >= 0.6 is 0 Å². The average molecular weight is 401 g/mol. The summed E-state index contributed by atoms with van der Waals surface area (Å²) in [6.45, 7) is 1.69. The third-order valence-corrected chi connectivity index (χ3v) is 4.70. The molecule has 2 amide bonds. The Balaban J connectivity index is 2.63. The number of nitrogens with two attached hydrogens (primary N) is 2. The third kappa shape index (κ3) is 5.77. The van der Waals surface area contributed by atoms with Gasteiger partial charge in [-0.15, -0.1) is 0 Å². The number of hydrogen-bond acceptors (Lipinski definition) is 7. The normalized spacial score (nSPS) is 23.3. The van der Waals surface area contributed by atoms with Crippen molar-refractivity contribution in [3.63, 3.8) is 0 Å². The molecule has 0 spiro atoms. The second kappa shape index (κ2) is 9.82. The smallest absolute Gasteiger partial charge is 0.336 e. The van der Waals surface area contributed by atoms with Crippen LogP contribution in [0.4, 0.5) is 0 Å². The van der Waals surface area contributed by atoms with Gasteiger partial charge in [0.1, 0.15) is 6.04 Å². The Morgan fingerprint density at radius 2 is 2.04 bits per heavy atom. The molecule has 1 saturated carbocycles. The van der Waals surface area contributed by atoms with Gasteiger partial charge in [-0.05, 0) is 32.6 Å². The SMILES string of the molecule is C[C@H](NC(=O)[C@@H](N)CCCNC(=N)N)C(=O)NC1(C(=O)O)CCCC1[N+](=O)[O-]. The number of rotatable bonds is 10. The van der Waals surface area contributed by atoms with Gasteiger partial charge >= 0.3 is 5.97 Å². The van der Waals surface area contributed by atoms with Crippen molar-refractivity contribution in [2.24, 2.45) is 11.5 Å². The van der Waals surface area contributed by atoms with Gasteiger partial charge < -0.3 is 32.5 Å². The molecule has 0 aliphatic heterocycles. The second-order valence-corrected chi connectivity index (χ2v) is 6.78. The fourth-order valence-corrected chi connectivity index (χ4v) is 3.11. The summed E-state index contributed by atoms with van der Waals surface area (Å²) in [5.41, 5.74) is 8.87. The summed E-state index contributed by atoms with van der Waals surface area (Å²) in [4.78, 5) is 46.6. The van der Waals surface area contributed by atoms with Crippen LogP contribution in [0.15, 0.2) is 0 Å². The molecule has 158 valence electrons. The fourth-order valence-electron chi connectivity index (χ4n) is 3.11. The van der Waals surface area contributed by atoms with Gasteiger partial charge in [-0.3, -0.25) is 25.1 Å². The first-order valence-electron chi connectivity index (χ1n) is 8.84. The van der Waals surface area contributed by atoms with Crippen LogP contribution in [-0.2, 0) is 14.4 Å². The highest BCUT2D eigenvalue weighted by molar-refractivity contribution is 5.93. The van der Waals surface area contributed by atoms with Gasteiger partial charge in [-0.2, -0.15) is 0 Å². The lowest BCUT2D eigenvalue weighted by atomic mass is 9.93. The number of guanidine groups is 1. The molecule has 9 N–H and O–H groups in total. The van der Waals surface area contributed by atoms with Crippen molar-refractivity contribution >= 4 is 23.7 Å². The van der Waals surface area contributed by atoms with Gasteiger partial charge in [-0.1, -0.05) is 0 Å². The molecule has 2 unspecified atom stereocenters. The van der Waals surface area contributed by atoms with E-state index in [4.69, 9.17) is 16.9 Å². The summed E-state index contributed by atoms with van der Waals surface area (Å²) in [6.07, 6.45) is 0.991. The lowest BCUT2D eigenvalue weighted by Crippen LogP contribution is -2.64. The predicted octanol–water partition coefficient (Wildman–Crippen LogP) is -2.15. The van der Waals surface area contributed by atoms with Crippen LogP contribution in [0.5, 0.6) is 0 Å². The van der Waals surface area contributed by atoms with E-state index >= 15 is 0 Å². The zero-order valence-electron chi connectivity index (χ0n) is 15.6. The van der Waals surface area contributed by atoms with Crippen molar-refractivity contribution in [3.05, 3.63) is 10.1 Å². The van der Waals surface area contributed by atoms with E-state index in [1.165, 1.54) is 6.92 Å². The number of aliphatic carboxylic acids is 1. The summed E-state index contributed by atoms with van der Waals surface area (Å²) < 4.78 is 0. The van der Waals surface area contributed by atoms with E-state index in [-0.39, 0.29) is 31.6 Å². The molecule has 1 aliphatic carbocycles. The molecular weight excluding hydrogens is 374 g/mol. The monoisotopic (exact) mass is 401 g/mol. The Labute approximate surface area is 161 Å². The minimum Gasteiger partial charge on any atom is -0.479 e. The van der Waals surface area contributed by atoms with Crippen LogP contribution in [0.2, 0.25) is 0 Å². The standard InChI is InChI=1S/C15H27N7O6/c1-8(20-12(24)9(16)4-3-7-19-14(17)18)11(23)21-15(13(25)26)6-2-5-10(15)22(27)28/h8-10H,2-7,16H2,1H3,(H,20,24)(H,21,23)(H,25,26)(H4,17,18,19)/t8-,9-,10?,15?/m0/s1. The third-order valence-electron chi connectivity index (χ3n) is 4.70. The van der Waals surface area contributed by atoms with E-state index in [9.17, 15) is 29.6 Å². The molecule has 28 heavy (non-hydrogen) atoms. The van der Waals surface area contributed by atoms with E-state index < -0.39 is 46.4 Å². The number of carboxylic acids is 1. The van der Waals surface area contributed by atoms with Crippen LogP contribution in [-0.4, -0.2) is 64.0 Å². The Bertz CT molecular complexity index is 642. The van der Waals surface area contributed by atoms with Gasteiger partial charge in [0.05, 0.1) is 6.04 Å². The Hall–Kier alpha value is -2.96. The maximum absolute atomic E-state index is 12.4. The molecule has 0 bridgehead atoms. The molecule has 13 heteroatoms. The Kier molecular flexibility index (Phi) is 8.10. The van der Waals surface area contributed by atoms with Gasteiger partial charge in [0.25, 0.3) is 0 Å². The molecule has 0 saturated heterocycles. The summed E-state index contributed by atoms with van der Waals surface area (Å²) in [6, 6.07) is -3.48. The molecule has 1 rings (SSSR count). The van der Waals surface area contributed by atoms with E-state index in [2.05, 4.69) is 16.0 Å². The van der Waals surface area contributed by atoms with E-state index in [1.54, 1.807) is 0 Å². The number of carbonyl (C=O) groups excluding carboxylic acids is 2. The lowest BCUT2D eigenvalue weighted by molar-refractivity contribution is -0.528. The van der Waals surface area contributed by atoms with E-state index in [0.717, 1.165) is 0 Å². The zero-order chi connectivity index (χ0) is 21.5. The van der Waals surface area contributed by atoms with Crippen LogP contribution in [0.1, 0.15) is 39.0 Å². The first kappa shape index (κ1) is 23.1. The first-order chi connectivity index (χ1) is 13.0. The van der Waals surface area contributed by atoms with Crippen molar-refractivity contribution in [2.45, 2.75) is 62.7 Å². The first-order valence-corrected chi connectivity index (χ1v) is 8.84. The number of nitrogens with one attached hydrogen (secondary N) is 4. The predicted molar refractivity (Wildman–Crippen MR) is 97.9 cm³/mol. The van der Waals surface area contributed by atoms with Gasteiger partial charge in [0.2, 0.25) is 23.4 Å². The van der Waals surface area contributed by atoms with Crippen LogP contribution in [0.25, 0.3) is 0 Å². The van der Waals surface area contributed by atoms with Crippen molar-refractivity contribution in [3.8, 4) is 0 Å². The van der Waals surface area contributed by atoms with Crippen LogP contribution in [0, 0.1) is 15.5 Å². The highest BCUT2D eigenvalue weighted by atomic mass is 16.6. The van der Waals surface area contributed by atoms with E-state index in [0.29, 0.717) is 13.0 Å². The largest absolute Gasteiger partial charge is 0.479 e. The maximum Gasteiger partial charge on any atom is 0.336 e. The van der Waals surface area contributed by atoms with Crippen molar-refractivity contribution in [2.75, 3.05) is 6.54 Å². The van der Waals surface area contributed by atoms with Crippen LogP contribution < -0.4 is 27.4 Å². The molecule has 1 fully saturated rings. The zero-order valence-corrected chi connectivity index (χ0v) is 15.6. The molecule has 0 heterocycles. The van der Waals surface area contributed by atoms with Gasteiger partial charge in [0.15, 0.2) is 5.96 Å². The van der Waals surface area contributed by atoms with Crippen molar-refractivity contribution < 1.29 is 24.4 Å². The van der Waals surface area contributed by atoms with E-state index in [1.807, 2.05) is 0 Å². The molecule has 0 aromatic rings. The summed E-state index contributed by atoms with van der Waals surface area (Å²) >= 11 is 0. The van der Waals surface area contributed by atoms with Crippen molar-refractivity contribution in [1.82, 2.24) is 16.0 Å². The molecule has 4 atom stereocenters. The van der Waals surface area contributed by atoms with Crippen LogP contribution in [0.3, 0.4) is 0 Å². The van der Waals surface area contributed by atoms with Crippen molar-refractivity contribution in [1.29, 1.82) is 5.41 Å². The molecule has 1 aliphatic rings. The quantitative estimate of drug-likeness (QED) is 0.0694. The molecule has 0 aromatic heterocycles. The second-order valence-electron chi connectivity index (χ2n) is 6.78. The Morgan fingerprint density at radius 3 is 2.57 bits per heavy atom. The lowest BCUT2D eigenvalue weighted by Gasteiger charge is -2.28. The number of hydrogen-bond donors (Lipinski definition) is 7. The summed E-state index contributed by atoms with van der Waals surface area (Å²) in [5.74, 6) is -3.13. The van der Waals surface area contributed by atoms with Gasteiger partial charge in [0, 0.05) is 17.9 Å². The number of carbonyl (C=O) groups is 3.